The highest BCUT2D eigenvalue weighted by molar-refractivity contribution is 6.24. The van der Waals surface area contributed by atoms with Crippen molar-refractivity contribution in [1.29, 1.82) is 0 Å². The van der Waals surface area contributed by atoms with Gasteiger partial charge < -0.3 is 19.5 Å². The fraction of sp³-hybridized carbons (Fsp3) is 0.400. The summed E-state index contributed by atoms with van der Waals surface area (Å²) < 4.78 is 16.2. The summed E-state index contributed by atoms with van der Waals surface area (Å²) in [6.07, 6.45) is 2.44. The van der Waals surface area contributed by atoms with E-state index in [1.165, 1.54) is 30.4 Å². The molecule has 0 radical (unpaired) electrons. The first-order valence-electron chi connectivity index (χ1n) is 12.2. The van der Waals surface area contributed by atoms with Gasteiger partial charge in [-0.3, -0.25) is 48.7 Å². The van der Waals surface area contributed by atoms with Gasteiger partial charge in [-0.05, 0) is 18.6 Å². The summed E-state index contributed by atoms with van der Waals surface area (Å²) in [5.41, 5.74) is 0.00609. The van der Waals surface area contributed by atoms with Gasteiger partial charge in [0.25, 0.3) is 29.5 Å². The molecule has 0 aliphatic carbocycles. The van der Waals surface area contributed by atoms with Gasteiger partial charge in [-0.15, -0.1) is 0 Å². The zero-order valence-corrected chi connectivity index (χ0v) is 20.8. The van der Waals surface area contributed by atoms with Crippen molar-refractivity contribution in [3.63, 3.8) is 0 Å². The molecule has 1 unspecified atom stereocenters. The number of carbonyl (C=O) groups excluding carboxylic acids is 7. The summed E-state index contributed by atoms with van der Waals surface area (Å²) in [5.74, 6) is -3.79. The second-order valence-electron chi connectivity index (χ2n) is 8.65. The molecule has 0 saturated carbocycles. The highest BCUT2D eigenvalue weighted by Gasteiger charge is 2.46. The molecule has 1 aromatic carbocycles. The van der Waals surface area contributed by atoms with E-state index in [0.717, 1.165) is 9.80 Å². The van der Waals surface area contributed by atoms with Crippen molar-refractivity contribution in [3.05, 3.63) is 41.5 Å². The second-order valence-corrected chi connectivity index (χ2v) is 8.65. The van der Waals surface area contributed by atoms with Crippen LogP contribution in [0.25, 0.3) is 0 Å². The van der Waals surface area contributed by atoms with Crippen LogP contribution in [0.1, 0.15) is 33.6 Å². The predicted octanol–water partition coefficient (Wildman–Crippen LogP) is -1.46. The Kier molecular flexibility index (Phi) is 8.78. The first-order chi connectivity index (χ1) is 18.8. The van der Waals surface area contributed by atoms with E-state index >= 15 is 0 Å². The first-order valence-corrected chi connectivity index (χ1v) is 12.2. The molecule has 1 aromatic rings. The van der Waals surface area contributed by atoms with Gasteiger partial charge in [-0.1, -0.05) is 6.07 Å². The molecule has 7 amide bonds. The highest BCUT2D eigenvalue weighted by atomic mass is 16.5. The maximum Gasteiger partial charge on any atom is 0.266 e. The lowest BCUT2D eigenvalue weighted by Gasteiger charge is -2.27. The van der Waals surface area contributed by atoms with Crippen LogP contribution in [0, 0.1) is 0 Å². The lowest BCUT2D eigenvalue weighted by Crippen LogP contribution is -2.54. The number of piperidine rings is 1. The maximum atomic E-state index is 13.0. The van der Waals surface area contributed by atoms with Crippen molar-refractivity contribution in [2.75, 3.05) is 46.1 Å². The van der Waals surface area contributed by atoms with E-state index in [-0.39, 0.29) is 81.0 Å². The SMILES string of the molecule is O=C(COc1cccc2c1C(=O)N(C1CCC(=O)NC1=O)C2=O)NCCOCCOCCN1C(=O)C=CC1=O. The minimum atomic E-state index is -1.10. The largest absolute Gasteiger partial charge is 0.483 e. The van der Waals surface area contributed by atoms with Gasteiger partial charge in [0.15, 0.2) is 6.61 Å². The highest BCUT2D eigenvalue weighted by Crippen LogP contribution is 2.33. The van der Waals surface area contributed by atoms with Gasteiger partial charge >= 0.3 is 0 Å². The van der Waals surface area contributed by atoms with E-state index in [9.17, 15) is 33.6 Å². The average molecular weight is 543 g/mol. The molecule has 4 rings (SSSR count). The number of fused-ring (bicyclic) bond motifs is 1. The maximum absolute atomic E-state index is 13.0. The molecule has 1 fully saturated rings. The van der Waals surface area contributed by atoms with Crippen LogP contribution in [-0.2, 0) is 33.4 Å². The molecule has 2 N–H and O–H groups in total. The van der Waals surface area contributed by atoms with E-state index in [1.54, 1.807) is 0 Å². The lowest BCUT2D eigenvalue weighted by atomic mass is 10.0. The van der Waals surface area contributed by atoms with Crippen LogP contribution < -0.4 is 15.4 Å². The second kappa shape index (κ2) is 12.4. The van der Waals surface area contributed by atoms with Crippen molar-refractivity contribution in [3.8, 4) is 5.75 Å². The Hall–Kier alpha value is -4.43. The van der Waals surface area contributed by atoms with Crippen LogP contribution in [0.5, 0.6) is 5.75 Å². The molecule has 14 heteroatoms. The summed E-state index contributed by atoms with van der Waals surface area (Å²) >= 11 is 0. The van der Waals surface area contributed by atoms with Crippen molar-refractivity contribution in [2.45, 2.75) is 18.9 Å². The number of imide groups is 3. The van der Waals surface area contributed by atoms with E-state index < -0.39 is 42.2 Å². The quantitative estimate of drug-likeness (QED) is 0.221. The van der Waals surface area contributed by atoms with Gasteiger partial charge in [0.2, 0.25) is 11.8 Å². The first kappa shape index (κ1) is 27.6. The van der Waals surface area contributed by atoms with Crippen molar-refractivity contribution in [1.82, 2.24) is 20.4 Å². The molecule has 0 spiro atoms. The number of hydrogen-bond donors (Lipinski definition) is 2. The topological polar surface area (TPSA) is 178 Å². The number of rotatable bonds is 13. The van der Waals surface area contributed by atoms with E-state index in [0.29, 0.717) is 0 Å². The van der Waals surface area contributed by atoms with Gasteiger partial charge in [0.05, 0.1) is 44.1 Å². The number of benzene rings is 1. The van der Waals surface area contributed by atoms with Crippen LogP contribution in [0.15, 0.2) is 30.4 Å². The number of carbonyl (C=O) groups is 7. The summed E-state index contributed by atoms with van der Waals surface area (Å²) in [4.78, 5) is 86.4. The molecule has 206 valence electrons. The Balaban J connectivity index is 1.15. The van der Waals surface area contributed by atoms with E-state index in [2.05, 4.69) is 10.6 Å². The van der Waals surface area contributed by atoms with Crippen molar-refractivity contribution >= 4 is 41.4 Å². The Morgan fingerprint density at radius 2 is 1.67 bits per heavy atom. The minimum Gasteiger partial charge on any atom is -0.483 e. The Morgan fingerprint density at radius 1 is 0.949 bits per heavy atom. The fourth-order valence-electron chi connectivity index (χ4n) is 4.19. The van der Waals surface area contributed by atoms with Crippen molar-refractivity contribution < 1.29 is 47.8 Å². The Bertz CT molecular complexity index is 1230. The van der Waals surface area contributed by atoms with Gasteiger partial charge in [0, 0.05) is 25.1 Å². The van der Waals surface area contributed by atoms with Gasteiger partial charge in [-0.25, -0.2) is 0 Å². The minimum absolute atomic E-state index is 0.00502. The predicted molar refractivity (Wildman–Crippen MR) is 129 cm³/mol. The summed E-state index contributed by atoms with van der Waals surface area (Å²) in [6, 6.07) is 3.27. The summed E-state index contributed by atoms with van der Waals surface area (Å²) in [6.45, 7) is 0.751. The van der Waals surface area contributed by atoms with Crippen LogP contribution in [0.4, 0.5) is 0 Å². The molecule has 0 bridgehead atoms. The molecular formula is C25H26N4O10. The number of amides is 7. The summed E-state index contributed by atoms with van der Waals surface area (Å²) in [5, 5.41) is 4.73. The molecule has 1 saturated heterocycles. The molecule has 0 aromatic heterocycles. The molecule has 39 heavy (non-hydrogen) atoms. The lowest BCUT2D eigenvalue weighted by molar-refractivity contribution is -0.138. The number of nitrogens with zero attached hydrogens (tertiary/aromatic N) is 2. The van der Waals surface area contributed by atoms with Gasteiger partial charge in [0.1, 0.15) is 11.8 Å². The standard InChI is InChI=1S/C25H26N4O10/c30-18-5-4-16(23(34)27-18)29-24(35)15-2-1-3-17(22(15)25(29)36)39-14-19(31)26-8-10-37-12-13-38-11-9-28-20(32)6-7-21(28)33/h1-3,6-7,16H,4-5,8-14H2,(H,26,31)(H,27,30,34). The Labute approximate surface area is 222 Å². The third-order valence-electron chi connectivity index (χ3n) is 6.09. The monoisotopic (exact) mass is 542 g/mol. The summed E-state index contributed by atoms with van der Waals surface area (Å²) in [7, 11) is 0. The smallest absolute Gasteiger partial charge is 0.266 e. The normalized spacial score (nSPS) is 18.6. The number of nitrogens with one attached hydrogen (secondary N) is 2. The zero-order chi connectivity index (χ0) is 27.9. The van der Waals surface area contributed by atoms with Crippen LogP contribution >= 0.6 is 0 Å². The molecular weight excluding hydrogens is 516 g/mol. The number of ether oxygens (including phenoxy) is 3. The average Bonchev–Trinajstić information content (AvgIpc) is 3.36. The zero-order valence-electron chi connectivity index (χ0n) is 20.8. The Morgan fingerprint density at radius 3 is 2.38 bits per heavy atom. The third kappa shape index (κ3) is 6.35. The van der Waals surface area contributed by atoms with Crippen molar-refractivity contribution in [2.24, 2.45) is 0 Å². The third-order valence-corrected chi connectivity index (χ3v) is 6.09. The van der Waals surface area contributed by atoms with Crippen LogP contribution in [0.2, 0.25) is 0 Å². The fourth-order valence-corrected chi connectivity index (χ4v) is 4.19. The molecule has 3 aliphatic rings. The number of hydrogen-bond acceptors (Lipinski definition) is 10. The van der Waals surface area contributed by atoms with Gasteiger partial charge in [-0.2, -0.15) is 0 Å². The molecule has 1 atom stereocenters. The van der Waals surface area contributed by atoms with Crippen LogP contribution in [0.3, 0.4) is 0 Å². The molecule has 14 nitrogen and oxygen atoms in total. The molecule has 3 aliphatic heterocycles. The van der Waals surface area contributed by atoms with E-state index in [1.807, 2.05) is 0 Å². The van der Waals surface area contributed by atoms with E-state index in [4.69, 9.17) is 14.2 Å². The van der Waals surface area contributed by atoms with Crippen LogP contribution in [-0.4, -0.2) is 103 Å². The molecule has 3 heterocycles.